The summed E-state index contributed by atoms with van der Waals surface area (Å²) in [6.07, 6.45) is -0.124. The summed E-state index contributed by atoms with van der Waals surface area (Å²) < 4.78 is 4.71. The molecule has 0 bridgehead atoms. The summed E-state index contributed by atoms with van der Waals surface area (Å²) in [5.41, 5.74) is 0.878. The van der Waals surface area contributed by atoms with E-state index in [4.69, 9.17) is 16.3 Å². The molecule has 7 nitrogen and oxygen atoms in total. The summed E-state index contributed by atoms with van der Waals surface area (Å²) in [7, 11) is 1.28. The number of esters is 1. The Morgan fingerprint density at radius 3 is 2.17 bits per heavy atom. The molecule has 1 aliphatic carbocycles. The summed E-state index contributed by atoms with van der Waals surface area (Å²) in [6.45, 7) is 8.29. The van der Waals surface area contributed by atoms with Crippen molar-refractivity contribution in [1.82, 2.24) is 4.90 Å². The van der Waals surface area contributed by atoms with Crippen LogP contribution in [0.25, 0.3) is 0 Å². The number of anilines is 1. The van der Waals surface area contributed by atoms with Gasteiger partial charge in [0.2, 0.25) is 11.8 Å². The molecular weight excluding hydrogens is 468 g/mol. The Morgan fingerprint density at radius 2 is 1.63 bits per heavy atom. The van der Waals surface area contributed by atoms with E-state index in [0.717, 1.165) is 4.90 Å². The van der Waals surface area contributed by atoms with Crippen LogP contribution < -0.4 is 4.90 Å². The highest BCUT2D eigenvalue weighted by Gasteiger charge is 2.69. The number of methoxy groups -OCH3 is 1. The second kappa shape index (κ2) is 8.79. The molecule has 2 aromatic carbocycles. The molecule has 1 heterocycles. The Bertz CT molecular complexity index is 1190. The Hall–Kier alpha value is -3.19. The number of rotatable bonds is 6. The molecule has 3 amide bonds. The van der Waals surface area contributed by atoms with Crippen molar-refractivity contribution in [3.63, 3.8) is 0 Å². The molecule has 0 N–H and O–H groups in total. The number of halogens is 1. The maximum atomic E-state index is 13.8. The van der Waals surface area contributed by atoms with Gasteiger partial charge in [-0.2, -0.15) is 0 Å². The van der Waals surface area contributed by atoms with Crippen molar-refractivity contribution in [2.24, 2.45) is 16.7 Å². The lowest BCUT2D eigenvalue weighted by Gasteiger charge is -2.29. The largest absolute Gasteiger partial charge is 0.465 e. The van der Waals surface area contributed by atoms with Gasteiger partial charge >= 0.3 is 5.97 Å². The molecular formula is C27H29ClN2O5. The molecule has 184 valence electrons. The van der Waals surface area contributed by atoms with Crippen LogP contribution in [0, 0.1) is 16.7 Å². The number of carbonyl (C=O) groups excluding carboxylic acids is 4. The van der Waals surface area contributed by atoms with Crippen LogP contribution in [0.15, 0.2) is 48.5 Å². The van der Waals surface area contributed by atoms with E-state index >= 15 is 0 Å². The summed E-state index contributed by atoms with van der Waals surface area (Å²) in [5, 5.41) is 0.492. The zero-order chi connectivity index (χ0) is 25.7. The van der Waals surface area contributed by atoms with Gasteiger partial charge in [0.1, 0.15) is 6.04 Å². The van der Waals surface area contributed by atoms with Gasteiger partial charge < -0.3 is 9.64 Å². The van der Waals surface area contributed by atoms with E-state index in [0.29, 0.717) is 21.8 Å². The third kappa shape index (κ3) is 4.12. The predicted molar refractivity (Wildman–Crippen MR) is 132 cm³/mol. The van der Waals surface area contributed by atoms with Gasteiger partial charge in [-0.1, -0.05) is 57.5 Å². The average Bonchev–Trinajstić information content (AvgIpc) is 3.05. The number of hydrogen-bond donors (Lipinski definition) is 0. The van der Waals surface area contributed by atoms with Crippen LogP contribution in [-0.4, -0.2) is 41.7 Å². The Morgan fingerprint density at radius 1 is 1.03 bits per heavy atom. The minimum absolute atomic E-state index is 0.124. The molecule has 1 aliphatic heterocycles. The zero-order valence-corrected chi connectivity index (χ0v) is 21.3. The monoisotopic (exact) mass is 496 g/mol. The van der Waals surface area contributed by atoms with Gasteiger partial charge in [0.15, 0.2) is 0 Å². The molecule has 1 atom stereocenters. The molecule has 1 unspecified atom stereocenters. The molecule has 2 aliphatic rings. The van der Waals surface area contributed by atoms with Crippen molar-refractivity contribution < 1.29 is 23.9 Å². The molecule has 0 radical (unpaired) electrons. The highest BCUT2D eigenvalue weighted by Crippen LogP contribution is 2.69. The standard InChI is InChI=1S/C27H29ClN2O5/c1-26(2)22(27(26,3)4)24(33)29(15-17-8-6-7-9-19(17)28)20-14-21(31)30(23(20)32)18-12-10-16(11-13-18)25(34)35-5/h6-13,20,22H,14-15H2,1-5H3. The van der Waals surface area contributed by atoms with Crippen molar-refractivity contribution in [2.45, 2.75) is 46.7 Å². The number of hydrogen-bond acceptors (Lipinski definition) is 5. The second-order valence-corrected chi connectivity index (χ2v) is 10.7. The Kier molecular flexibility index (Phi) is 6.26. The van der Waals surface area contributed by atoms with E-state index in [-0.39, 0.29) is 35.6 Å². The fraction of sp³-hybridized carbons (Fsp3) is 0.407. The van der Waals surface area contributed by atoms with E-state index in [1.807, 2.05) is 39.8 Å². The van der Waals surface area contributed by atoms with E-state index in [2.05, 4.69) is 0 Å². The summed E-state index contributed by atoms with van der Waals surface area (Å²) in [4.78, 5) is 54.8. The zero-order valence-electron chi connectivity index (χ0n) is 20.5. The van der Waals surface area contributed by atoms with Gasteiger partial charge in [0, 0.05) is 17.5 Å². The van der Waals surface area contributed by atoms with Gasteiger partial charge in [-0.15, -0.1) is 0 Å². The van der Waals surface area contributed by atoms with E-state index in [1.165, 1.54) is 36.3 Å². The van der Waals surface area contributed by atoms with Crippen LogP contribution in [0.4, 0.5) is 5.69 Å². The Labute approximate surface area is 210 Å². The molecule has 0 aromatic heterocycles. The predicted octanol–water partition coefficient (Wildman–Crippen LogP) is 4.47. The lowest BCUT2D eigenvalue weighted by molar-refractivity contribution is -0.141. The normalized spacial score (nSPS) is 20.6. The van der Waals surface area contributed by atoms with Crippen molar-refractivity contribution in [1.29, 1.82) is 0 Å². The molecule has 1 saturated heterocycles. The molecule has 1 saturated carbocycles. The summed E-state index contributed by atoms with van der Waals surface area (Å²) >= 11 is 6.39. The number of nitrogens with zero attached hydrogens (tertiary/aromatic N) is 2. The van der Waals surface area contributed by atoms with Crippen LogP contribution in [-0.2, 0) is 25.7 Å². The second-order valence-electron chi connectivity index (χ2n) is 10.3. The summed E-state index contributed by atoms with van der Waals surface area (Å²) in [5.74, 6) is -1.84. The highest BCUT2D eigenvalue weighted by molar-refractivity contribution is 6.31. The number of ether oxygens (including phenoxy) is 1. The maximum absolute atomic E-state index is 13.8. The van der Waals surface area contributed by atoms with Gasteiger partial charge in [-0.05, 0) is 46.7 Å². The first-order valence-corrected chi connectivity index (χ1v) is 11.9. The third-order valence-corrected chi connectivity index (χ3v) is 8.26. The number of amides is 3. The molecule has 2 fully saturated rings. The lowest BCUT2D eigenvalue weighted by atomic mass is 10.0. The third-order valence-electron chi connectivity index (χ3n) is 7.89. The van der Waals surface area contributed by atoms with Crippen LogP contribution in [0.1, 0.15) is 50.0 Å². The molecule has 35 heavy (non-hydrogen) atoms. The van der Waals surface area contributed by atoms with Crippen molar-refractivity contribution >= 4 is 41.0 Å². The summed E-state index contributed by atoms with van der Waals surface area (Å²) in [6, 6.07) is 12.3. The lowest BCUT2D eigenvalue weighted by Crippen LogP contribution is -2.46. The molecule has 4 rings (SSSR count). The molecule has 0 spiro atoms. The average molecular weight is 497 g/mol. The van der Waals surface area contributed by atoms with Crippen molar-refractivity contribution in [3.8, 4) is 0 Å². The van der Waals surface area contributed by atoms with Gasteiger partial charge in [0.25, 0.3) is 5.91 Å². The number of benzene rings is 2. The SMILES string of the molecule is COC(=O)c1ccc(N2C(=O)CC(N(Cc3ccccc3Cl)C(=O)C3C(C)(C)C3(C)C)C2=O)cc1. The smallest absolute Gasteiger partial charge is 0.337 e. The first-order chi connectivity index (χ1) is 16.4. The number of imide groups is 1. The highest BCUT2D eigenvalue weighted by atomic mass is 35.5. The van der Waals surface area contributed by atoms with Crippen LogP contribution in [0.3, 0.4) is 0 Å². The topological polar surface area (TPSA) is 84.0 Å². The fourth-order valence-corrected chi connectivity index (χ4v) is 5.32. The van der Waals surface area contributed by atoms with E-state index < -0.39 is 23.8 Å². The van der Waals surface area contributed by atoms with Crippen molar-refractivity contribution in [2.75, 3.05) is 12.0 Å². The van der Waals surface area contributed by atoms with Gasteiger partial charge in [0.05, 0.1) is 24.8 Å². The molecule has 2 aromatic rings. The first kappa shape index (κ1) is 24.9. The maximum Gasteiger partial charge on any atom is 0.337 e. The van der Waals surface area contributed by atoms with Crippen molar-refractivity contribution in [3.05, 3.63) is 64.7 Å². The minimum atomic E-state index is -0.946. The molecule has 8 heteroatoms. The van der Waals surface area contributed by atoms with Gasteiger partial charge in [-0.3, -0.25) is 14.4 Å². The van der Waals surface area contributed by atoms with E-state index in [9.17, 15) is 19.2 Å². The van der Waals surface area contributed by atoms with Crippen LogP contribution in [0.2, 0.25) is 5.02 Å². The van der Waals surface area contributed by atoms with Crippen LogP contribution >= 0.6 is 11.6 Å². The number of carbonyl (C=O) groups is 4. The van der Waals surface area contributed by atoms with Crippen LogP contribution in [0.5, 0.6) is 0 Å². The quantitative estimate of drug-likeness (QED) is 0.435. The van der Waals surface area contributed by atoms with Gasteiger partial charge in [-0.25, -0.2) is 9.69 Å². The minimum Gasteiger partial charge on any atom is -0.465 e. The fourth-order valence-electron chi connectivity index (χ4n) is 5.13. The first-order valence-electron chi connectivity index (χ1n) is 11.5. The Balaban J connectivity index is 1.66. The van der Waals surface area contributed by atoms with E-state index in [1.54, 1.807) is 12.1 Å².